The first-order valence-electron chi connectivity index (χ1n) is 8.21. The lowest BCUT2D eigenvalue weighted by Crippen LogP contribution is -2.27. The highest BCUT2D eigenvalue weighted by molar-refractivity contribution is 7.71. The summed E-state index contributed by atoms with van der Waals surface area (Å²) in [5, 5.41) is 7.40. The minimum Gasteiger partial charge on any atom is -0.379 e. The largest absolute Gasteiger partial charge is 0.379 e. The smallest absolute Gasteiger partial charge is 0.225 e. The molecule has 3 rings (SSSR count). The fourth-order valence-corrected chi connectivity index (χ4v) is 3.35. The number of hydrogen-bond acceptors (Lipinski definition) is 4. The molecule has 2 saturated carbocycles. The minimum atomic E-state index is 0.509. The van der Waals surface area contributed by atoms with Crippen molar-refractivity contribution in [3.8, 4) is 0 Å². The van der Waals surface area contributed by atoms with Crippen LogP contribution in [0.15, 0.2) is 0 Å². The molecule has 21 heavy (non-hydrogen) atoms. The fraction of sp³-hybridized carbons (Fsp3) is 0.867. The van der Waals surface area contributed by atoms with E-state index in [1.807, 2.05) is 0 Å². The maximum absolute atomic E-state index is 5.73. The Balaban J connectivity index is 1.59. The van der Waals surface area contributed by atoms with E-state index in [9.17, 15) is 0 Å². The van der Waals surface area contributed by atoms with Crippen LogP contribution in [0.5, 0.6) is 0 Å². The van der Waals surface area contributed by atoms with Gasteiger partial charge in [0.15, 0.2) is 4.77 Å². The van der Waals surface area contributed by atoms with E-state index in [0.717, 1.165) is 36.4 Å². The molecule has 1 aromatic rings. The van der Waals surface area contributed by atoms with Crippen molar-refractivity contribution >= 4 is 18.2 Å². The summed E-state index contributed by atoms with van der Waals surface area (Å²) < 4.78 is 8.70. The van der Waals surface area contributed by atoms with Crippen molar-refractivity contribution in [3.05, 3.63) is 4.77 Å². The van der Waals surface area contributed by atoms with E-state index in [1.54, 1.807) is 0 Å². The molecule has 2 aliphatic carbocycles. The molecule has 1 heterocycles. The number of aromatic nitrogens is 3. The second-order valence-electron chi connectivity index (χ2n) is 6.43. The summed E-state index contributed by atoms with van der Waals surface area (Å²) in [6.07, 6.45) is 9.06. The molecule has 2 fully saturated rings. The third-order valence-electron chi connectivity index (χ3n) is 4.59. The average molecular weight is 310 g/mol. The molecular formula is C15H26N4OS. The van der Waals surface area contributed by atoms with Gasteiger partial charge in [0, 0.05) is 26.2 Å². The molecule has 0 aliphatic heterocycles. The minimum absolute atomic E-state index is 0.509. The Kier molecular flexibility index (Phi) is 4.95. The van der Waals surface area contributed by atoms with Crippen LogP contribution in [-0.4, -0.2) is 41.6 Å². The monoisotopic (exact) mass is 310 g/mol. The summed E-state index contributed by atoms with van der Waals surface area (Å²) in [7, 11) is 2.07. The van der Waals surface area contributed by atoms with Gasteiger partial charge in [-0.2, -0.15) is 0 Å². The van der Waals surface area contributed by atoms with Crippen LogP contribution in [0.4, 0.5) is 5.95 Å². The number of likely N-dealkylation sites (N-methyl/N-ethyl adjacent to an activating group) is 1. The van der Waals surface area contributed by atoms with E-state index in [-0.39, 0.29) is 0 Å². The Hall–Kier alpha value is -0.880. The number of aromatic amines is 1. The third-order valence-corrected chi connectivity index (χ3v) is 4.88. The summed E-state index contributed by atoms with van der Waals surface area (Å²) in [5.41, 5.74) is 0. The van der Waals surface area contributed by atoms with Crippen LogP contribution in [0.1, 0.15) is 51.0 Å². The first-order chi connectivity index (χ1) is 10.3. The number of H-pyrrole nitrogens is 1. The predicted molar refractivity (Wildman–Crippen MR) is 86.3 cm³/mol. The van der Waals surface area contributed by atoms with Crippen molar-refractivity contribution in [1.29, 1.82) is 0 Å². The first-order valence-corrected chi connectivity index (χ1v) is 8.62. The molecule has 2 aliphatic rings. The highest BCUT2D eigenvalue weighted by atomic mass is 32.1. The van der Waals surface area contributed by atoms with Crippen molar-refractivity contribution in [3.63, 3.8) is 0 Å². The van der Waals surface area contributed by atoms with Crippen LogP contribution < -0.4 is 4.90 Å². The predicted octanol–water partition coefficient (Wildman–Crippen LogP) is 3.31. The molecule has 1 N–H and O–H groups in total. The van der Waals surface area contributed by atoms with E-state index in [1.165, 1.54) is 44.9 Å². The summed E-state index contributed by atoms with van der Waals surface area (Å²) in [4.78, 5) is 2.16. The number of nitrogens with zero attached hydrogens (tertiary/aromatic N) is 3. The average Bonchev–Trinajstić information content (AvgIpc) is 3.25. The molecule has 0 saturated heterocycles. The highest BCUT2D eigenvalue weighted by Crippen LogP contribution is 2.31. The normalized spacial score (nSPS) is 19.9. The standard InChI is InChI=1S/C15H26N4OS/c1-18(9-10-20-11-12-7-8-12)14-16-17-15(21)19(14)13-5-3-2-4-6-13/h12-13H,2-11H2,1H3,(H,17,21). The summed E-state index contributed by atoms with van der Waals surface area (Å²) in [5.74, 6) is 1.79. The van der Waals surface area contributed by atoms with E-state index in [4.69, 9.17) is 17.0 Å². The molecule has 0 amide bonds. The van der Waals surface area contributed by atoms with Gasteiger partial charge in [0.2, 0.25) is 5.95 Å². The highest BCUT2D eigenvalue weighted by Gasteiger charge is 2.23. The van der Waals surface area contributed by atoms with Crippen LogP contribution in [0, 0.1) is 10.7 Å². The number of nitrogens with one attached hydrogen (secondary N) is 1. The molecule has 0 bridgehead atoms. The van der Waals surface area contributed by atoms with Crippen molar-refractivity contribution < 1.29 is 4.74 Å². The van der Waals surface area contributed by atoms with Crippen LogP contribution in [0.25, 0.3) is 0 Å². The zero-order valence-electron chi connectivity index (χ0n) is 12.9. The van der Waals surface area contributed by atoms with Gasteiger partial charge in [-0.25, -0.2) is 5.10 Å². The van der Waals surface area contributed by atoms with E-state index >= 15 is 0 Å². The first kappa shape index (κ1) is 15.0. The van der Waals surface area contributed by atoms with Gasteiger partial charge >= 0.3 is 0 Å². The van der Waals surface area contributed by atoms with Crippen molar-refractivity contribution in [2.24, 2.45) is 5.92 Å². The number of ether oxygens (including phenoxy) is 1. The van der Waals surface area contributed by atoms with Crippen LogP contribution >= 0.6 is 12.2 Å². The van der Waals surface area contributed by atoms with Gasteiger partial charge in [-0.05, 0) is 43.8 Å². The quantitative estimate of drug-likeness (QED) is 0.620. The third kappa shape index (κ3) is 3.86. The molecule has 0 aromatic carbocycles. The Morgan fingerprint density at radius 3 is 2.76 bits per heavy atom. The van der Waals surface area contributed by atoms with Crippen molar-refractivity contribution in [1.82, 2.24) is 14.8 Å². The van der Waals surface area contributed by atoms with E-state index in [2.05, 4.69) is 26.7 Å². The van der Waals surface area contributed by atoms with Gasteiger partial charge in [0.05, 0.1) is 6.61 Å². The molecule has 0 unspecified atom stereocenters. The van der Waals surface area contributed by atoms with Gasteiger partial charge in [-0.15, -0.1) is 5.10 Å². The molecule has 0 atom stereocenters. The Morgan fingerprint density at radius 1 is 1.29 bits per heavy atom. The van der Waals surface area contributed by atoms with E-state index < -0.39 is 0 Å². The van der Waals surface area contributed by atoms with Crippen molar-refractivity contribution in [2.45, 2.75) is 51.0 Å². The molecule has 118 valence electrons. The topological polar surface area (TPSA) is 46.1 Å². The SMILES string of the molecule is CN(CCOCC1CC1)c1n[nH]c(=S)n1C1CCCCC1. The summed E-state index contributed by atoms with van der Waals surface area (Å²) in [6, 6.07) is 0.509. The molecule has 6 heteroatoms. The molecule has 0 spiro atoms. The van der Waals surface area contributed by atoms with Gasteiger partial charge in [0.25, 0.3) is 0 Å². The Labute approximate surface area is 131 Å². The van der Waals surface area contributed by atoms with Gasteiger partial charge < -0.3 is 9.64 Å². The maximum Gasteiger partial charge on any atom is 0.225 e. The molecular weight excluding hydrogens is 284 g/mol. The summed E-state index contributed by atoms with van der Waals surface area (Å²) in [6.45, 7) is 2.54. The van der Waals surface area contributed by atoms with Gasteiger partial charge in [-0.1, -0.05) is 19.3 Å². The zero-order valence-corrected chi connectivity index (χ0v) is 13.7. The van der Waals surface area contributed by atoms with Crippen LogP contribution in [0.3, 0.4) is 0 Å². The number of hydrogen-bond donors (Lipinski definition) is 1. The fourth-order valence-electron chi connectivity index (χ4n) is 3.07. The molecule has 1 aromatic heterocycles. The second kappa shape index (κ2) is 6.92. The second-order valence-corrected chi connectivity index (χ2v) is 6.82. The lowest BCUT2D eigenvalue weighted by molar-refractivity contribution is 0.130. The summed E-state index contributed by atoms with van der Waals surface area (Å²) >= 11 is 5.44. The molecule has 0 radical (unpaired) electrons. The Bertz CT molecular complexity index is 502. The van der Waals surface area contributed by atoms with Crippen molar-refractivity contribution in [2.75, 3.05) is 31.7 Å². The van der Waals surface area contributed by atoms with Crippen LogP contribution in [-0.2, 0) is 4.74 Å². The number of anilines is 1. The van der Waals surface area contributed by atoms with E-state index in [0.29, 0.717) is 6.04 Å². The Morgan fingerprint density at radius 2 is 2.05 bits per heavy atom. The van der Waals surface area contributed by atoms with Gasteiger partial charge in [-0.3, -0.25) is 4.57 Å². The van der Waals surface area contributed by atoms with Crippen LogP contribution in [0.2, 0.25) is 0 Å². The lowest BCUT2D eigenvalue weighted by Gasteiger charge is -2.27. The zero-order chi connectivity index (χ0) is 14.7. The lowest BCUT2D eigenvalue weighted by atomic mass is 9.95. The molecule has 5 nitrogen and oxygen atoms in total. The number of rotatable bonds is 7. The maximum atomic E-state index is 5.73. The van der Waals surface area contributed by atoms with Gasteiger partial charge in [0.1, 0.15) is 0 Å².